The largest absolute Gasteiger partial charge is 0.483 e. The van der Waals surface area contributed by atoms with Gasteiger partial charge in [0.15, 0.2) is 6.61 Å². The average Bonchev–Trinajstić information content (AvgIpc) is 2.58. The molecular weight excluding hydrogens is 338 g/mol. The predicted octanol–water partition coefficient (Wildman–Crippen LogP) is 2.09. The van der Waals surface area contributed by atoms with Crippen LogP contribution in [0.25, 0.3) is 0 Å². The van der Waals surface area contributed by atoms with Gasteiger partial charge in [-0.15, -0.1) is 0 Å². The molecule has 9 heteroatoms. The number of rotatable bonds is 5. The summed E-state index contributed by atoms with van der Waals surface area (Å²) in [5.41, 5.74) is 4.56. The topological polar surface area (TPSA) is 111 Å². The molecule has 0 radical (unpaired) electrons. The summed E-state index contributed by atoms with van der Waals surface area (Å²) < 4.78 is 5.13. The number of carbonyl (C=O) groups excluding carboxylic acids is 2. The smallest absolute Gasteiger partial charge is 0.276 e. The fourth-order valence-corrected chi connectivity index (χ4v) is 1.80. The van der Waals surface area contributed by atoms with Gasteiger partial charge in [0.05, 0.1) is 11.0 Å². The number of non-ortho nitro benzene ring substituents is 1. The van der Waals surface area contributed by atoms with Gasteiger partial charge in [-0.1, -0.05) is 17.7 Å². The van der Waals surface area contributed by atoms with Crippen LogP contribution >= 0.6 is 11.6 Å². The van der Waals surface area contributed by atoms with E-state index in [0.717, 1.165) is 0 Å². The van der Waals surface area contributed by atoms with Gasteiger partial charge in [0, 0.05) is 16.7 Å². The van der Waals surface area contributed by atoms with E-state index in [9.17, 15) is 19.7 Å². The lowest BCUT2D eigenvalue weighted by molar-refractivity contribution is -0.384. The van der Waals surface area contributed by atoms with E-state index in [0.29, 0.717) is 10.6 Å². The molecule has 2 aromatic carbocycles. The number of halogens is 1. The van der Waals surface area contributed by atoms with Crippen molar-refractivity contribution in [1.82, 2.24) is 10.9 Å². The molecule has 24 heavy (non-hydrogen) atoms. The van der Waals surface area contributed by atoms with Crippen LogP contribution in [0.2, 0.25) is 5.02 Å². The molecule has 2 N–H and O–H groups in total. The standard InChI is InChI=1S/C15H12ClN3O5/c16-11-6-4-10(5-7-11)15(21)18-17-14(20)9-24-13-3-1-2-12(8-13)19(22)23/h1-8H,9H2,(H,17,20)(H,18,21). The van der Waals surface area contributed by atoms with Crippen LogP contribution in [0.15, 0.2) is 48.5 Å². The highest BCUT2D eigenvalue weighted by Crippen LogP contribution is 2.18. The van der Waals surface area contributed by atoms with Crippen molar-refractivity contribution >= 4 is 29.1 Å². The lowest BCUT2D eigenvalue weighted by atomic mass is 10.2. The van der Waals surface area contributed by atoms with Crippen molar-refractivity contribution in [3.8, 4) is 5.75 Å². The van der Waals surface area contributed by atoms with E-state index in [-0.39, 0.29) is 11.4 Å². The Hall–Kier alpha value is -3.13. The molecule has 0 saturated heterocycles. The number of nitrogens with one attached hydrogen (secondary N) is 2. The molecule has 124 valence electrons. The average molecular weight is 350 g/mol. The van der Waals surface area contributed by atoms with Crippen LogP contribution in [0.5, 0.6) is 5.75 Å². The van der Waals surface area contributed by atoms with Crippen LogP contribution in [-0.4, -0.2) is 23.3 Å². The second-order valence-corrected chi connectivity index (χ2v) is 4.99. The summed E-state index contributed by atoms with van der Waals surface area (Å²) in [6.45, 7) is -0.415. The van der Waals surface area contributed by atoms with E-state index in [2.05, 4.69) is 10.9 Å². The van der Waals surface area contributed by atoms with E-state index in [1.807, 2.05) is 0 Å². The summed E-state index contributed by atoms with van der Waals surface area (Å²) in [5, 5.41) is 11.1. The Kier molecular flexibility index (Phi) is 5.69. The first-order valence-electron chi connectivity index (χ1n) is 6.68. The van der Waals surface area contributed by atoms with Crippen molar-refractivity contribution in [3.05, 3.63) is 69.2 Å². The predicted molar refractivity (Wildman–Crippen MR) is 85.7 cm³/mol. The number of nitro benzene ring substituents is 1. The first-order valence-corrected chi connectivity index (χ1v) is 7.05. The van der Waals surface area contributed by atoms with E-state index in [1.54, 1.807) is 12.1 Å². The molecule has 0 aliphatic rings. The molecule has 0 bridgehead atoms. The summed E-state index contributed by atoms with van der Waals surface area (Å²) in [4.78, 5) is 33.5. The first kappa shape index (κ1) is 17.2. The summed E-state index contributed by atoms with van der Waals surface area (Å²) >= 11 is 5.71. The Bertz CT molecular complexity index is 764. The van der Waals surface area contributed by atoms with Gasteiger partial charge >= 0.3 is 0 Å². The third-order valence-corrected chi connectivity index (χ3v) is 3.07. The van der Waals surface area contributed by atoms with Crippen LogP contribution < -0.4 is 15.6 Å². The highest BCUT2D eigenvalue weighted by molar-refractivity contribution is 6.30. The quantitative estimate of drug-likeness (QED) is 0.634. The molecular formula is C15H12ClN3O5. The van der Waals surface area contributed by atoms with E-state index in [1.165, 1.54) is 36.4 Å². The second-order valence-electron chi connectivity index (χ2n) is 4.55. The van der Waals surface area contributed by atoms with Crippen molar-refractivity contribution in [1.29, 1.82) is 0 Å². The SMILES string of the molecule is O=C(COc1cccc([N+](=O)[O-])c1)NNC(=O)c1ccc(Cl)cc1. The molecule has 0 fully saturated rings. The van der Waals surface area contributed by atoms with Gasteiger partial charge in [0.25, 0.3) is 17.5 Å². The van der Waals surface area contributed by atoms with Crippen molar-refractivity contribution in [2.24, 2.45) is 0 Å². The van der Waals surface area contributed by atoms with Gasteiger partial charge in [-0.2, -0.15) is 0 Å². The zero-order valence-corrected chi connectivity index (χ0v) is 12.9. The Morgan fingerprint density at radius 1 is 1.12 bits per heavy atom. The summed E-state index contributed by atoms with van der Waals surface area (Å²) in [7, 11) is 0. The molecule has 0 aliphatic carbocycles. The highest BCUT2D eigenvalue weighted by atomic mass is 35.5. The number of amides is 2. The van der Waals surface area contributed by atoms with Crippen LogP contribution in [0.3, 0.4) is 0 Å². The maximum Gasteiger partial charge on any atom is 0.276 e. The fourth-order valence-electron chi connectivity index (χ4n) is 1.67. The van der Waals surface area contributed by atoms with Crippen molar-refractivity contribution < 1.29 is 19.2 Å². The Morgan fingerprint density at radius 3 is 2.50 bits per heavy atom. The van der Waals surface area contributed by atoms with Gasteiger partial charge in [-0.25, -0.2) is 0 Å². The van der Waals surface area contributed by atoms with Gasteiger partial charge in [-0.05, 0) is 30.3 Å². The van der Waals surface area contributed by atoms with Gasteiger partial charge in [-0.3, -0.25) is 30.6 Å². The van der Waals surface area contributed by atoms with Crippen LogP contribution in [0.1, 0.15) is 10.4 Å². The van der Waals surface area contributed by atoms with Crippen LogP contribution in [0.4, 0.5) is 5.69 Å². The molecule has 2 rings (SSSR count). The second kappa shape index (κ2) is 7.93. The number of benzene rings is 2. The number of hydrogen-bond donors (Lipinski definition) is 2. The highest BCUT2D eigenvalue weighted by Gasteiger charge is 2.10. The van der Waals surface area contributed by atoms with Gasteiger partial charge in [0.2, 0.25) is 0 Å². The number of nitrogens with zero attached hydrogens (tertiary/aromatic N) is 1. The molecule has 0 heterocycles. The van der Waals surface area contributed by atoms with Crippen LogP contribution in [-0.2, 0) is 4.79 Å². The zero-order chi connectivity index (χ0) is 17.5. The molecule has 2 aromatic rings. The molecule has 8 nitrogen and oxygen atoms in total. The number of nitro groups is 1. The van der Waals surface area contributed by atoms with Crippen molar-refractivity contribution in [2.75, 3.05) is 6.61 Å². The maximum absolute atomic E-state index is 11.8. The summed E-state index contributed by atoms with van der Waals surface area (Å²) in [5.74, 6) is -0.970. The minimum Gasteiger partial charge on any atom is -0.483 e. The molecule has 2 amide bonds. The Labute approximate surface area is 141 Å². The van der Waals surface area contributed by atoms with E-state index in [4.69, 9.17) is 16.3 Å². The summed E-state index contributed by atoms with van der Waals surface area (Å²) in [6.07, 6.45) is 0. The fraction of sp³-hybridized carbons (Fsp3) is 0.0667. The number of hydrazine groups is 1. The third-order valence-electron chi connectivity index (χ3n) is 2.82. The molecule has 0 aromatic heterocycles. The molecule has 0 saturated carbocycles. The van der Waals surface area contributed by atoms with Gasteiger partial charge < -0.3 is 4.74 Å². The maximum atomic E-state index is 11.8. The summed E-state index contributed by atoms with van der Waals surface area (Å²) in [6, 6.07) is 11.5. The van der Waals surface area contributed by atoms with E-state index < -0.39 is 23.3 Å². The van der Waals surface area contributed by atoms with Crippen molar-refractivity contribution in [3.63, 3.8) is 0 Å². The zero-order valence-electron chi connectivity index (χ0n) is 12.2. The third kappa shape index (κ3) is 4.96. The first-order chi connectivity index (χ1) is 11.5. The molecule has 0 aliphatic heterocycles. The lowest BCUT2D eigenvalue weighted by Gasteiger charge is -2.09. The number of hydrogen-bond acceptors (Lipinski definition) is 5. The monoisotopic (exact) mass is 349 g/mol. The lowest BCUT2D eigenvalue weighted by Crippen LogP contribution is -2.43. The normalized spacial score (nSPS) is 9.88. The molecule has 0 spiro atoms. The molecule has 0 unspecified atom stereocenters. The Morgan fingerprint density at radius 2 is 1.83 bits per heavy atom. The molecule has 0 atom stereocenters. The number of carbonyl (C=O) groups is 2. The Balaban J connectivity index is 1.81. The van der Waals surface area contributed by atoms with Crippen LogP contribution in [0, 0.1) is 10.1 Å². The number of ether oxygens (including phenoxy) is 1. The van der Waals surface area contributed by atoms with Crippen molar-refractivity contribution in [2.45, 2.75) is 0 Å². The van der Waals surface area contributed by atoms with E-state index >= 15 is 0 Å². The minimum atomic E-state index is -0.621. The van der Waals surface area contributed by atoms with Gasteiger partial charge in [0.1, 0.15) is 5.75 Å². The minimum absolute atomic E-state index is 0.149.